The lowest BCUT2D eigenvalue weighted by molar-refractivity contribution is -0.0992. The van der Waals surface area contributed by atoms with E-state index in [1.54, 1.807) is 4.57 Å². The van der Waals surface area contributed by atoms with Crippen molar-refractivity contribution >= 4 is 11.6 Å². The standard InChI is InChI=1S/C15H15N3O5/c19-8-4-7(17-2-1-3-17)13(21)12-11(8)16-10-6-22-14-9(20)5-23-15(14)18(10)12/h4,9,14-15,20H,1-3,5-6H2/t9-,14-,15+/m1/s1. The predicted molar refractivity (Wildman–Crippen MR) is 74.7 cm³/mol. The second-order valence-electron chi connectivity index (χ2n) is 6.23. The van der Waals surface area contributed by atoms with Crippen molar-refractivity contribution in [3.63, 3.8) is 0 Å². The molecule has 3 atom stereocenters. The van der Waals surface area contributed by atoms with Crippen molar-refractivity contribution in [1.29, 1.82) is 0 Å². The molecule has 1 aromatic heterocycles. The summed E-state index contributed by atoms with van der Waals surface area (Å²) in [6.45, 7) is 1.85. The Kier molecular flexibility index (Phi) is 2.62. The fourth-order valence-electron chi connectivity index (χ4n) is 3.58. The Morgan fingerprint density at radius 3 is 2.83 bits per heavy atom. The van der Waals surface area contributed by atoms with Crippen LogP contribution in [-0.2, 0) is 16.1 Å². The first-order chi connectivity index (χ1) is 11.1. The van der Waals surface area contributed by atoms with Crippen LogP contribution in [0.1, 0.15) is 39.5 Å². The average Bonchev–Trinajstić information content (AvgIpc) is 3.04. The van der Waals surface area contributed by atoms with Gasteiger partial charge in [0.1, 0.15) is 36.0 Å². The summed E-state index contributed by atoms with van der Waals surface area (Å²) < 4.78 is 12.8. The predicted octanol–water partition coefficient (Wildman–Crippen LogP) is -0.360. The number of fused-ring (bicyclic) bond motifs is 5. The molecule has 0 aromatic carbocycles. The molecule has 4 heterocycles. The number of hydrogen-bond donors (Lipinski definition) is 1. The van der Waals surface area contributed by atoms with Gasteiger partial charge in [-0.05, 0) is 6.42 Å². The molecule has 120 valence electrons. The van der Waals surface area contributed by atoms with E-state index in [1.165, 1.54) is 6.08 Å². The van der Waals surface area contributed by atoms with E-state index in [4.69, 9.17) is 9.47 Å². The molecule has 5 rings (SSSR count). The van der Waals surface area contributed by atoms with Gasteiger partial charge in [0.25, 0.3) is 0 Å². The minimum atomic E-state index is -0.744. The normalized spacial score (nSPS) is 32.1. The minimum absolute atomic E-state index is 0.138. The number of likely N-dealkylation sites (tertiary alicyclic amines) is 1. The lowest BCUT2D eigenvalue weighted by atomic mass is 9.99. The van der Waals surface area contributed by atoms with Gasteiger partial charge in [-0.1, -0.05) is 0 Å². The number of hydrogen-bond acceptors (Lipinski definition) is 7. The molecule has 1 aromatic rings. The Morgan fingerprint density at radius 2 is 2.09 bits per heavy atom. The van der Waals surface area contributed by atoms with Crippen molar-refractivity contribution in [2.75, 3.05) is 19.7 Å². The number of ketones is 2. The number of rotatable bonds is 1. The third kappa shape index (κ3) is 1.68. The number of Topliss-reactive ketones (excluding diaryl/α,β-unsaturated/α-hetero) is 1. The molecule has 2 saturated heterocycles. The summed E-state index contributed by atoms with van der Waals surface area (Å²) >= 11 is 0. The van der Waals surface area contributed by atoms with Crippen LogP contribution in [0.5, 0.6) is 0 Å². The fraction of sp³-hybridized carbons (Fsp3) is 0.533. The average molecular weight is 317 g/mol. The molecule has 2 fully saturated rings. The number of aromatic nitrogens is 2. The lowest BCUT2D eigenvalue weighted by Crippen LogP contribution is -2.42. The van der Waals surface area contributed by atoms with Gasteiger partial charge in [-0.25, -0.2) is 4.98 Å². The summed E-state index contributed by atoms with van der Waals surface area (Å²) in [5.41, 5.74) is 0.850. The number of imidazole rings is 1. The largest absolute Gasteiger partial charge is 0.388 e. The molecule has 1 aliphatic carbocycles. The second kappa shape index (κ2) is 4.50. The molecular formula is C15H15N3O5. The maximum atomic E-state index is 12.9. The van der Waals surface area contributed by atoms with Gasteiger partial charge < -0.3 is 19.5 Å². The number of carbonyl (C=O) groups is 2. The number of nitrogens with zero attached hydrogens (tertiary/aromatic N) is 3. The van der Waals surface area contributed by atoms with Crippen molar-refractivity contribution in [3.8, 4) is 0 Å². The third-order valence-corrected chi connectivity index (χ3v) is 4.89. The number of carbonyl (C=O) groups excluding carboxylic acids is 2. The summed E-state index contributed by atoms with van der Waals surface area (Å²) in [4.78, 5) is 31.5. The number of allylic oxidation sites excluding steroid dienone is 2. The van der Waals surface area contributed by atoms with Gasteiger partial charge in [-0.3, -0.25) is 14.2 Å². The molecule has 23 heavy (non-hydrogen) atoms. The van der Waals surface area contributed by atoms with Crippen LogP contribution in [0, 0.1) is 0 Å². The van der Waals surface area contributed by atoms with Crippen molar-refractivity contribution in [3.05, 3.63) is 29.0 Å². The lowest BCUT2D eigenvalue weighted by Gasteiger charge is -2.36. The van der Waals surface area contributed by atoms with Crippen LogP contribution < -0.4 is 0 Å². The molecule has 8 heteroatoms. The quantitative estimate of drug-likeness (QED) is 0.756. The summed E-state index contributed by atoms with van der Waals surface area (Å²) in [6, 6.07) is 0. The molecule has 0 amide bonds. The molecule has 3 aliphatic heterocycles. The van der Waals surface area contributed by atoms with Gasteiger partial charge in [0.15, 0.2) is 6.23 Å². The Balaban J connectivity index is 1.64. The highest BCUT2D eigenvalue weighted by Crippen LogP contribution is 2.37. The van der Waals surface area contributed by atoms with E-state index in [-0.39, 0.29) is 36.2 Å². The van der Waals surface area contributed by atoms with E-state index in [0.717, 1.165) is 19.5 Å². The minimum Gasteiger partial charge on any atom is -0.388 e. The summed E-state index contributed by atoms with van der Waals surface area (Å²) in [6.07, 6.45) is 0.501. The first kappa shape index (κ1) is 13.4. The van der Waals surface area contributed by atoms with Crippen molar-refractivity contribution in [1.82, 2.24) is 14.5 Å². The Morgan fingerprint density at radius 1 is 1.26 bits per heavy atom. The van der Waals surface area contributed by atoms with Gasteiger partial charge in [0.2, 0.25) is 11.6 Å². The smallest absolute Gasteiger partial charge is 0.228 e. The monoisotopic (exact) mass is 317 g/mol. The van der Waals surface area contributed by atoms with E-state index in [0.29, 0.717) is 11.5 Å². The molecule has 1 N–H and O–H groups in total. The molecule has 0 unspecified atom stereocenters. The van der Waals surface area contributed by atoms with Gasteiger partial charge in [-0.15, -0.1) is 0 Å². The first-order valence-electron chi connectivity index (χ1n) is 7.73. The van der Waals surface area contributed by atoms with Crippen LogP contribution >= 0.6 is 0 Å². The van der Waals surface area contributed by atoms with Crippen LogP contribution in [-0.4, -0.2) is 63.0 Å². The van der Waals surface area contributed by atoms with E-state index < -0.39 is 18.4 Å². The number of ether oxygens (including phenoxy) is 2. The Bertz CT molecular complexity index is 763. The zero-order valence-corrected chi connectivity index (χ0v) is 12.3. The highest BCUT2D eigenvalue weighted by molar-refractivity contribution is 6.23. The molecule has 4 aliphatic rings. The van der Waals surface area contributed by atoms with E-state index in [1.807, 2.05) is 4.90 Å². The molecule has 0 bridgehead atoms. The summed E-state index contributed by atoms with van der Waals surface area (Å²) in [7, 11) is 0. The van der Waals surface area contributed by atoms with Crippen LogP contribution in [0.25, 0.3) is 0 Å². The van der Waals surface area contributed by atoms with Crippen molar-refractivity contribution < 1.29 is 24.2 Å². The van der Waals surface area contributed by atoms with Crippen LogP contribution in [0.15, 0.2) is 11.8 Å². The summed E-state index contributed by atoms with van der Waals surface area (Å²) in [5.74, 6) is 0.0208. The Labute approximate surface area is 131 Å². The van der Waals surface area contributed by atoms with Crippen LogP contribution in [0.4, 0.5) is 0 Å². The number of aliphatic hydroxyl groups excluding tert-OH is 1. The Hall–Kier alpha value is -2.03. The van der Waals surface area contributed by atoms with E-state index in [2.05, 4.69) is 4.98 Å². The second-order valence-corrected chi connectivity index (χ2v) is 6.23. The van der Waals surface area contributed by atoms with Crippen molar-refractivity contribution in [2.45, 2.75) is 31.5 Å². The SMILES string of the molecule is O=C1C=C(N2CCC2)C(=O)c2c1nc1n2[C@H]2OC[C@@H](O)[C@H]2OC1. The maximum Gasteiger partial charge on any atom is 0.228 e. The maximum absolute atomic E-state index is 12.9. The number of aliphatic hydroxyl groups is 1. The van der Waals surface area contributed by atoms with E-state index >= 15 is 0 Å². The fourth-order valence-corrected chi connectivity index (χ4v) is 3.58. The van der Waals surface area contributed by atoms with Gasteiger partial charge in [-0.2, -0.15) is 0 Å². The van der Waals surface area contributed by atoms with Crippen LogP contribution in [0.3, 0.4) is 0 Å². The van der Waals surface area contributed by atoms with Crippen LogP contribution in [0.2, 0.25) is 0 Å². The third-order valence-electron chi connectivity index (χ3n) is 4.89. The van der Waals surface area contributed by atoms with Crippen molar-refractivity contribution in [2.24, 2.45) is 0 Å². The zero-order chi connectivity index (χ0) is 15.7. The molecule has 8 nitrogen and oxygen atoms in total. The van der Waals surface area contributed by atoms with E-state index in [9.17, 15) is 14.7 Å². The van der Waals surface area contributed by atoms with Gasteiger partial charge >= 0.3 is 0 Å². The first-order valence-corrected chi connectivity index (χ1v) is 7.73. The molecule has 0 spiro atoms. The highest BCUT2D eigenvalue weighted by atomic mass is 16.6. The topological polar surface area (TPSA) is 93.9 Å². The molecule has 0 radical (unpaired) electrons. The zero-order valence-electron chi connectivity index (χ0n) is 12.3. The summed E-state index contributed by atoms with van der Waals surface area (Å²) in [5, 5.41) is 9.94. The van der Waals surface area contributed by atoms with Gasteiger partial charge in [0, 0.05) is 19.2 Å². The van der Waals surface area contributed by atoms with Gasteiger partial charge in [0.05, 0.1) is 12.3 Å². The molecule has 0 saturated carbocycles. The highest BCUT2D eigenvalue weighted by Gasteiger charge is 2.47. The molecular weight excluding hydrogens is 302 g/mol.